The topological polar surface area (TPSA) is 58.6 Å². The van der Waals surface area contributed by atoms with Crippen LogP contribution in [0, 0.1) is 11.2 Å². The molecule has 0 atom stereocenters. The van der Waals surface area contributed by atoms with Gasteiger partial charge in [0.1, 0.15) is 11.6 Å². The van der Waals surface area contributed by atoms with E-state index in [1.165, 1.54) is 0 Å². The molecule has 0 heterocycles. The van der Waals surface area contributed by atoms with Crippen LogP contribution in [0.4, 0.5) is 13.2 Å². The van der Waals surface area contributed by atoms with E-state index in [1.807, 2.05) is 13.8 Å². The van der Waals surface area contributed by atoms with Gasteiger partial charge in [0.25, 0.3) is 5.91 Å². The van der Waals surface area contributed by atoms with Gasteiger partial charge in [-0.3, -0.25) is 4.79 Å². The number of nitrogens with one attached hydrogen (secondary N) is 1. The van der Waals surface area contributed by atoms with E-state index in [0.717, 1.165) is 18.2 Å². The minimum absolute atomic E-state index is 0.0286. The second-order valence-corrected chi connectivity index (χ2v) is 5.34. The summed E-state index contributed by atoms with van der Waals surface area (Å²) in [7, 11) is 0. The first-order valence-electron chi connectivity index (χ1n) is 6.38. The van der Waals surface area contributed by atoms with Gasteiger partial charge in [0, 0.05) is 19.2 Å². The van der Waals surface area contributed by atoms with Gasteiger partial charge >= 0.3 is 6.61 Å². The van der Waals surface area contributed by atoms with Crippen molar-refractivity contribution >= 4 is 5.91 Å². The van der Waals surface area contributed by atoms with Crippen molar-refractivity contribution in [3.63, 3.8) is 0 Å². The van der Waals surface area contributed by atoms with Crippen LogP contribution in [-0.4, -0.2) is 30.8 Å². The maximum atomic E-state index is 13.1. The molecule has 0 unspecified atom stereocenters. The Labute approximate surface area is 120 Å². The van der Waals surface area contributed by atoms with Crippen molar-refractivity contribution in [2.75, 3.05) is 13.2 Å². The van der Waals surface area contributed by atoms with Crippen molar-refractivity contribution < 1.29 is 27.8 Å². The van der Waals surface area contributed by atoms with E-state index in [-0.39, 0.29) is 24.1 Å². The third-order valence-electron chi connectivity index (χ3n) is 2.92. The highest BCUT2D eigenvalue weighted by molar-refractivity contribution is 5.96. The summed E-state index contributed by atoms with van der Waals surface area (Å²) in [5, 5.41) is 11.5. The largest absolute Gasteiger partial charge is 0.434 e. The Balaban J connectivity index is 2.82. The average molecular weight is 305 g/mol. The van der Waals surface area contributed by atoms with Crippen molar-refractivity contribution in [3.05, 3.63) is 29.6 Å². The van der Waals surface area contributed by atoms with Crippen molar-refractivity contribution in [1.82, 2.24) is 5.32 Å². The molecule has 0 aliphatic rings. The lowest BCUT2D eigenvalue weighted by molar-refractivity contribution is -0.0503. The van der Waals surface area contributed by atoms with Gasteiger partial charge in [-0.15, -0.1) is 0 Å². The molecule has 0 saturated carbocycles. The fourth-order valence-corrected chi connectivity index (χ4v) is 1.68. The highest BCUT2D eigenvalue weighted by Crippen LogP contribution is 2.23. The molecule has 7 heteroatoms. The van der Waals surface area contributed by atoms with Crippen LogP contribution in [0.25, 0.3) is 0 Å². The number of aliphatic hydroxyl groups is 1. The number of hydrogen-bond acceptors (Lipinski definition) is 3. The number of alkyl halides is 2. The van der Waals surface area contributed by atoms with E-state index in [0.29, 0.717) is 6.42 Å². The number of halogens is 3. The molecule has 1 aromatic rings. The summed E-state index contributed by atoms with van der Waals surface area (Å²) < 4.78 is 41.7. The van der Waals surface area contributed by atoms with Gasteiger partial charge in [-0.05, 0) is 24.0 Å². The molecular weight excluding hydrogens is 287 g/mol. The zero-order valence-electron chi connectivity index (χ0n) is 11.8. The Hall–Kier alpha value is -1.76. The van der Waals surface area contributed by atoms with Crippen LogP contribution in [0.5, 0.6) is 5.75 Å². The van der Waals surface area contributed by atoms with Gasteiger partial charge in [-0.1, -0.05) is 13.8 Å². The van der Waals surface area contributed by atoms with Crippen LogP contribution >= 0.6 is 0 Å². The normalized spacial score (nSPS) is 11.6. The molecule has 1 aromatic carbocycles. The fraction of sp³-hybridized carbons (Fsp3) is 0.500. The van der Waals surface area contributed by atoms with E-state index in [4.69, 9.17) is 5.11 Å². The zero-order valence-corrected chi connectivity index (χ0v) is 11.8. The number of benzene rings is 1. The molecule has 0 aromatic heterocycles. The van der Waals surface area contributed by atoms with E-state index in [2.05, 4.69) is 10.1 Å². The second-order valence-electron chi connectivity index (χ2n) is 5.34. The zero-order chi connectivity index (χ0) is 16.0. The van der Waals surface area contributed by atoms with E-state index in [1.54, 1.807) is 0 Å². The van der Waals surface area contributed by atoms with E-state index < -0.39 is 24.1 Å². The van der Waals surface area contributed by atoms with Crippen molar-refractivity contribution in [1.29, 1.82) is 0 Å². The smallest absolute Gasteiger partial charge is 0.387 e. The van der Waals surface area contributed by atoms with Gasteiger partial charge in [-0.2, -0.15) is 8.78 Å². The molecule has 21 heavy (non-hydrogen) atoms. The molecule has 1 amide bonds. The summed E-state index contributed by atoms with van der Waals surface area (Å²) in [6.45, 7) is 0.733. The van der Waals surface area contributed by atoms with Crippen LogP contribution in [0.2, 0.25) is 0 Å². The Kier molecular flexibility index (Phi) is 6.02. The maximum Gasteiger partial charge on any atom is 0.387 e. The predicted molar refractivity (Wildman–Crippen MR) is 70.8 cm³/mol. The third kappa shape index (κ3) is 5.63. The molecular formula is C14H18F3NO3. The predicted octanol–water partition coefficient (Wildman–Crippen LogP) is 2.57. The first-order valence-corrected chi connectivity index (χ1v) is 6.38. The molecule has 0 aliphatic heterocycles. The Morgan fingerprint density at radius 3 is 2.67 bits per heavy atom. The standard InChI is InChI=1S/C14H18F3NO3/c1-14(2,5-6-19)8-18-12(20)10-4-3-9(15)7-11(10)21-13(16)17/h3-4,7,13,19H,5-6,8H2,1-2H3,(H,18,20). The number of hydrogen-bond donors (Lipinski definition) is 2. The molecule has 0 bridgehead atoms. The number of amides is 1. The summed E-state index contributed by atoms with van der Waals surface area (Å²) in [4.78, 5) is 12.0. The summed E-state index contributed by atoms with van der Waals surface area (Å²) in [5.74, 6) is -1.93. The number of carbonyl (C=O) groups excluding carboxylic acids is 1. The second kappa shape index (κ2) is 7.31. The number of carbonyl (C=O) groups is 1. The van der Waals surface area contributed by atoms with Gasteiger partial charge in [0.15, 0.2) is 0 Å². The number of ether oxygens (including phenoxy) is 1. The Bertz CT molecular complexity index is 492. The van der Waals surface area contributed by atoms with Crippen LogP contribution in [-0.2, 0) is 0 Å². The lowest BCUT2D eigenvalue weighted by Crippen LogP contribution is -2.34. The average Bonchev–Trinajstić information content (AvgIpc) is 2.35. The minimum Gasteiger partial charge on any atom is -0.434 e. The van der Waals surface area contributed by atoms with Gasteiger partial charge < -0.3 is 15.2 Å². The van der Waals surface area contributed by atoms with Gasteiger partial charge in [-0.25, -0.2) is 4.39 Å². The first-order chi connectivity index (χ1) is 9.75. The fourth-order valence-electron chi connectivity index (χ4n) is 1.68. The summed E-state index contributed by atoms with van der Waals surface area (Å²) in [6, 6.07) is 2.81. The highest BCUT2D eigenvalue weighted by Gasteiger charge is 2.21. The van der Waals surface area contributed by atoms with Crippen molar-refractivity contribution in [2.45, 2.75) is 26.9 Å². The molecule has 0 aliphatic carbocycles. The summed E-state index contributed by atoms with van der Waals surface area (Å²) in [6.07, 6.45) is 0.469. The molecule has 0 fully saturated rings. The van der Waals surface area contributed by atoms with Crippen LogP contribution in [0.3, 0.4) is 0 Å². The molecule has 0 saturated heterocycles. The molecule has 4 nitrogen and oxygen atoms in total. The van der Waals surface area contributed by atoms with E-state index in [9.17, 15) is 18.0 Å². The quantitative estimate of drug-likeness (QED) is 0.814. The van der Waals surface area contributed by atoms with E-state index >= 15 is 0 Å². The Morgan fingerprint density at radius 2 is 2.10 bits per heavy atom. The SMILES string of the molecule is CC(C)(CCO)CNC(=O)c1ccc(F)cc1OC(F)F. The van der Waals surface area contributed by atoms with Gasteiger partial charge in [0.2, 0.25) is 0 Å². The summed E-state index contributed by atoms with van der Waals surface area (Å²) >= 11 is 0. The maximum absolute atomic E-state index is 13.1. The molecule has 118 valence electrons. The lowest BCUT2D eigenvalue weighted by atomic mass is 9.89. The minimum atomic E-state index is -3.15. The van der Waals surface area contributed by atoms with Crippen LogP contribution in [0.15, 0.2) is 18.2 Å². The molecule has 2 N–H and O–H groups in total. The molecule has 0 radical (unpaired) electrons. The Morgan fingerprint density at radius 1 is 1.43 bits per heavy atom. The first kappa shape index (κ1) is 17.3. The third-order valence-corrected chi connectivity index (χ3v) is 2.92. The molecule has 0 spiro atoms. The molecule has 1 rings (SSSR count). The van der Waals surface area contributed by atoms with Gasteiger partial charge in [0.05, 0.1) is 5.56 Å². The van der Waals surface area contributed by atoms with Crippen molar-refractivity contribution in [2.24, 2.45) is 5.41 Å². The summed E-state index contributed by atoms with van der Waals surface area (Å²) in [5.41, 5.74) is -0.523. The van der Waals surface area contributed by atoms with Crippen LogP contribution < -0.4 is 10.1 Å². The highest BCUT2D eigenvalue weighted by atomic mass is 19.3. The number of rotatable bonds is 7. The monoisotopic (exact) mass is 305 g/mol. The number of aliphatic hydroxyl groups excluding tert-OH is 1. The van der Waals surface area contributed by atoms with Crippen LogP contribution in [0.1, 0.15) is 30.6 Å². The lowest BCUT2D eigenvalue weighted by Gasteiger charge is -2.24. The van der Waals surface area contributed by atoms with Crippen molar-refractivity contribution in [3.8, 4) is 5.75 Å².